The Balaban J connectivity index is 1.85. The van der Waals surface area contributed by atoms with Gasteiger partial charge in [0, 0.05) is 22.0 Å². The van der Waals surface area contributed by atoms with Crippen molar-refractivity contribution in [3.05, 3.63) is 64.3 Å². The maximum Gasteiger partial charge on any atom is 0.343 e. The second-order valence-electron chi connectivity index (χ2n) is 6.39. The van der Waals surface area contributed by atoms with Gasteiger partial charge in [-0.1, -0.05) is 0 Å². The molecule has 156 valence electrons. The fraction of sp³-hybridized carbons (Fsp3) is 0.150. The molecule has 0 bridgehead atoms. The summed E-state index contributed by atoms with van der Waals surface area (Å²) in [6, 6.07) is 8.03. The number of hydrogen-bond donors (Lipinski definition) is 1. The molecule has 2 heterocycles. The van der Waals surface area contributed by atoms with Crippen LogP contribution in [0.15, 0.2) is 56.4 Å². The van der Waals surface area contributed by atoms with Crippen molar-refractivity contribution in [2.24, 2.45) is 0 Å². The van der Waals surface area contributed by atoms with Gasteiger partial charge < -0.3 is 13.9 Å². The third-order valence-corrected chi connectivity index (χ3v) is 6.93. The second-order valence-corrected chi connectivity index (χ2v) is 8.90. The number of rotatable bonds is 4. The summed E-state index contributed by atoms with van der Waals surface area (Å²) in [6.45, 7) is 0.233. The van der Waals surface area contributed by atoms with E-state index in [0.29, 0.717) is 17.7 Å². The monoisotopic (exact) mass is 495 g/mol. The SMILES string of the molecule is COC(=O)c1c(NS(=O)(=O)c2ccc(F)cc2Br)ccc2c1OCCc1occc1-2. The van der Waals surface area contributed by atoms with E-state index in [-0.39, 0.29) is 33.0 Å². The molecule has 1 aliphatic rings. The normalized spacial score (nSPS) is 12.9. The van der Waals surface area contributed by atoms with Gasteiger partial charge in [0.1, 0.15) is 27.8 Å². The molecule has 30 heavy (non-hydrogen) atoms. The summed E-state index contributed by atoms with van der Waals surface area (Å²) < 4.78 is 57.8. The van der Waals surface area contributed by atoms with Crippen molar-refractivity contribution in [2.45, 2.75) is 11.3 Å². The largest absolute Gasteiger partial charge is 0.491 e. The van der Waals surface area contributed by atoms with Crippen LogP contribution in [0.2, 0.25) is 0 Å². The number of esters is 1. The van der Waals surface area contributed by atoms with Gasteiger partial charge in [0.2, 0.25) is 0 Å². The molecule has 0 atom stereocenters. The van der Waals surface area contributed by atoms with Crippen molar-refractivity contribution >= 4 is 37.6 Å². The lowest BCUT2D eigenvalue weighted by molar-refractivity contribution is 0.0597. The van der Waals surface area contributed by atoms with E-state index in [0.717, 1.165) is 23.8 Å². The van der Waals surface area contributed by atoms with Crippen LogP contribution in [0.5, 0.6) is 5.75 Å². The minimum atomic E-state index is -4.16. The molecule has 1 aliphatic heterocycles. The van der Waals surface area contributed by atoms with E-state index in [1.807, 2.05) is 0 Å². The summed E-state index contributed by atoms with van der Waals surface area (Å²) in [5.41, 5.74) is 1.25. The number of halogens is 2. The molecule has 4 rings (SSSR count). The summed E-state index contributed by atoms with van der Waals surface area (Å²) in [7, 11) is -2.96. The number of nitrogens with one attached hydrogen (secondary N) is 1. The average molecular weight is 496 g/mol. The van der Waals surface area contributed by atoms with Gasteiger partial charge in [-0.2, -0.15) is 0 Å². The van der Waals surface area contributed by atoms with Gasteiger partial charge >= 0.3 is 5.97 Å². The molecule has 0 aliphatic carbocycles. The number of methoxy groups -OCH3 is 1. The Morgan fingerprint density at radius 1 is 1.20 bits per heavy atom. The molecule has 10 heteroatoms. The zero-order chi connectivity index (χ0) is 21.5. The predicted octanol–water partition coefficient (Wildman–Crippen LogP) is 4.37. The van der Waals surface area contributed by atoms with Crippen LogP contribution in [-0.2, 0) is 21.2 Å². The van der Waals surface area contributed by atoms with Gasteiger partial charge in [-0.3, -0.25) is 4.72 Å². The van der Waals surface area contributed by atoms with E-state index < -0.39 is 21.8 Å². The number of hydrogen-bond acceptors (Lipinski definition) is 6. The van der Waals surface area contributed by atoms with Crippen LogP contribution < -0.4 is 9.46 Å². The summed E-state index contributed by atoms with van der Waals surface area (Å²) >= 11 is 3.06. The van der Waals surface area contributed by atoms with Crippen molar-refractivity contribution in [3.63, 3.8) is 0 Å². The Morgan fingerprint density at radius 3 is 2.73 bits per heavy atom. The number of carbonyl (C=O) groups is 1. The van der Waals surface area contributed by atoms with Gasteiger partial charge in [-0.25, -0.2) is 17.6 Å². The number of anilines is 1. The highest BCUT2D eigenvalue weighted by molar-refractivity contribution is 9.10. The summed E-state index contributed by atoms with van der Waals surface area (Å²) in [5.74, 6) is -0.464. The lowest BCUT2D eigenvalue weighted by atomic mass is 10.0. The third-order valence-electron chi connectivity index (χ3n) is 4.59. The quantitative estimate of drug-likeness (QED) is 0.540. The van der Waals surface area contributed by atoms with E-state index in [2.05, 4.69) is 20.7 Å². The van der Waals surface area contributed by atoms with Crippen LogP contribution in [0.3, 0.4) is 0 Å². The maximum absolute atomic E-state index is 13.4. The van der Waals surface area contributed by atoms with Crippen LogP contribution in [0, 0.1) is 5.82 Å². The summed E-state index contributed by atoms with van der Waals surface area (Å²) in [6.07, 6.45) is 2.03. The van der Waals surface area contributed by atoms with Crippen LogP contribution in [0.4, 0.5) is 10.1 Å². The van der Waals surface area contributed by atoms with Crippen molar-refractivity contribution in [3.8, 4) is 16.9 Å². The second kappa shape index (κ2) is 7.77. The molecule has 7 nitrogen and oxygen atoms in total. The first-order valence-electron chi connectivity index (χ1n) is 8.74. The molecular formula is C20H15BrFNO6S. The molecule has 0 amide bonds. The first-order chi connectivity index (χ1) is 14.3. The Bertz CT molecular complexity index is 1250. The predicted molar refractivity (Wildman–Crippen MR) is 110 cm³/mol. The molecule has 2 aromatic carbocycles. The zero-order valence-corrected chi connectivity index (χ0v) is 18.0. The molecule has 0 radical (unpaired) electrons. The summed E-state index contributed by atoms with van der Waals surface area (Å²) in [5, 5.41) is 0. The standard InChI is InChI=1S/C20H15BrFNO6S/c1-27-20(24)18-15(23-30(25,26)17-5-2-11(22)10-14(17)21)4-3-13-12-6-8-28-16(12)7-9-29-19(13)18/h2-6,8,10,23H,7,9H2,1H3. The van der Waals surface area contributed by atoms with Crippen LogP contribution >= 0.6 is 15.9 Å². The van der Waals surface area contributed by atoms with Crippen molar-refractivity contribution in [1.29, 1.82) is 0 Å². The van der Waals surface area contributed by atoms with Crippen LogP contribution in [-0.4, -0.2) is 28.1 Å². The topological polar surface area (TPSA) is 94.8 Å². The number of fused-ring (bicyclic) bond motifs is 3. The number of ether oxygens (including phenoxy) is 2. The van der Waals surface area contributed by atoms with Crippen molar-refractivity contribution in [1.82, 2.24) is 0 Å². The molecule has 0 saturated carbocycles. The first kappa shape index (κ1) is 20.4. The van der Waals surface area contributed by atoms with E-state index in [4.69, 9.17) is 13.9 Å². The number of carbonyl (C=O) groups excluding carboxylic acids is 1. The van der Waals surface area contributed by atoms with Gasteiger partial charge in [-0.05, 0) is 52.3 Å². The fourth-order valence-corrected chi connectivity index (χ4v) is 5.37. The summed E-state index contributed by atoms with van der Waals surface area (Å²) in [4.78, 5) is 12.4. The van der Waals surface area contributed by atoms with Gasteiger partial charge in [-0.15, -0.1) is 0 Å². The van der Waals surface area contributed by atoms with Crippen molar-refractivity contribution in [2.75, 3.05) is 18.4 Å². The lowest BCUT2D eigenvalue weighted by Crippen LogP contribution is -2.18. The highest BCUT2D eigenvalue weighted by atomic mass is 79.9. The third kappa shape index (κ3) is 3.56. The molecular weight excluding hydrogens is 481 g/mol. The Labute approximate surface area is 180 Å². The van der Waals surface area contributed by atoms with Gasteiger partial charge in [0.05, 0.1) is 25.7 Å². The number of sulfonamides is 1. The molecule has 0 fully saturated rings. The fourth-order valence-electron chi connectivity index (χ4n) is 3.25. The Morgan fingerprint density at radius 2 is 2.00 bits per heavy atom. The van der Waals surface area contributed by atoms with E-state index >= 15 is 0 Å². The number of benzene rings is 2. The molecule has 1 N–H and O–H groups in total. The van der Waals surface area contributed by atoms with Gasteiger partial charge in [0.25, 0.3) is 10.0 Å². The van der Waals surface area contributed by atoms with Gasteiger partial charge in [0.15, 0.2) is 0 Å². The van der Waals surface area contributed by atoms with E-state index in [1.165, 1.54) is 13.2 Å². The molecule has 1 aromatic heterocycles. The number of furan rings is 1. The smallest absolute Gasteiger partial charge is 0.343 e. The highest BCUT2D eigenvalue weighted by Crippen LogP contribution is 2.42. The zero-order valence-electron chi connectivity index (χ0n) is 15.6. The first-order valence-corrected chi connectivity index (χ1v) is 11.0. The minimum Gasteiger partial charge on any atom is -0.491 e. The molecule has 3 aromatic rings. The van der Waals surface area contributed by atoms with Crippen LogP contribution in [0.1, 0.15) is 16.1 Å². The molecule has 0 saturated heterocycles. The minimum absolute atomic E-state index is 0.0243. The molecule has 0 spiro atoms. The van der Waals surface area contributed by atoms with Crippen LogP contribution in [0.25, 0.3) is 11.1 Å². The van der Waals surface area contributed by atoms with E-state index in [9.17, 15) is 17.6 Å². The Kier molecular flexibility index (Phi) is 5.29. The average Bonchev–Trinajstić information content (AvgIpc) is 3.08. The van der Waals surface area contributed by atoms with E-state index in [1.54, 1.807) is 18.4 Å². The lowest BCUT2D eigenvalue weighted by Gasteiger charge is -2.17. The van der Waals surface area contributed by atoms with Crippen molar-refractivity contribution < 1.29 is 31.5 Å². The maximum atomic E-state index is 13.4. The Hall–Kier alpha value is -2.85. The molecule has 0 unspecified atom stereocenters. The highest BCUT2D eigenvalue weighted by Gasteiger charge is 2.29.